The zero-order chi connectivity index (χ0) is 13.1. The molecule has 0 saturated carbocycles. The zero-order valence-electron chi connectivity index (χ0n) is 12.5. The predicted octanol–water partition coefficient (Wildman–Crippen LogP) is 1.62. The quantitative estimate of drug-likeness (QED) is 0.838. The van der Waals surface area contributed by atoms with Crippen LogP contribution in [0.25, 0.3) is 0 Å². The van der Waals surface area contributed by atoms with Crippen molar-refractivity contribution in [1.29, 1.82) is 0 Å². The van der Waals surface area contributed by atoms with Crippen molar-refractivity contribution in [2.45, 2.75) is 19.0 Å². The molecule has 2 heterocycles. The third kappa shape index (κ3) is 3.98. The van der Waals surface area contributed by atoms with Gasteiger partial charge in [-0.15, -0.1) is 0 Å². The van der Waals surface area contributed by atoms with Crippen molar-refractivity contribution in [2.75, 3.05) is 46.3 Å². The van der Waals surface area contributed by atoms with E-state index in [-0.39, 0.29) is 13.5 Å². The summed E-state index contributed by atoms with van der Waals surface area (Å²) < 4.78 is 0. The fourth-order valence-electron chi connectivity index (χ4n) is 3.28. The summed E-state index contributed by atoms with van der Waals surface area (Å²) in [5, 5.41) is 0. The number of rotatable bonds is 3. The smallest absolute Gasteiger partial charge is 0.0236 e. The molecule has 0 amide bonds. The monoisotopic (exact) mass is 293 g/mol. The summed E-state index contributed by atoms with van der Waals surface area (Å²) >= 11 is 0. The third-order valence-corrected chi connectivity index (χ3v) is 4.55. The van der Waals surface area contributed by atoms with Crippen LogP contribution in [0.5, 0.6) is 0 Å². The average Bonchev–Trinajstić information content (AvgIpc) is 2.89. The summed E-state index contributed by atoms with van der Waals surface area (Å²) in [6.07, 6.45) is 1.34. The maximum absolute atomic E-state index is 2.70. The van der Waals surface area contributed by atoms with E-state index in [1.54, 1.807) is 0 Å². The summed E-state index contributed by atoms with van der Waals surface area (Å²) in [5.41, 5.74) is 1.45. The molecule has 2 aliphatic rings. The lowest BCUT2D eigenvalue weighted by Gasteiger charge is -2.36. The second kappa shape index (κ2) is 7.46. The highest BCUT2D eigenvalue weighted by atomic mass is 32.1. The van der Waals surface area contributed by atoms with Gasteiger partial charge >= 0.3 is 0 Å². The highest BCUT2D eigenvalue weighted by Gasteiger charge is 2.29. The molecule has 0 spiro atoms. The van der Waals surface area contributed by atoms with Gasteiger partial charge in [-0.2, -0.15) is 13.5 Å². The van der Waals surface area contributed by atoms with Gasteiger partial charge < -0.3 is 4.90 Å². The van der Waals surface area contributed by atoms with Gasteiger partial charge in [-0.1, -0.05) is 30.3 Å². The van der Waals surface area contributed by atoms with Crippen LogP contribution in [0, 0.1) is 0 Å². The maximum atomic E-state index is 2.70. The Kier molecular flexibility index (Phi) is 5.90. The molecule has 1 unspecified atom stereocenters. The van der Waals surface area contributed by atoms with Crippen LogP contribution in [0.4, 0.5) is 0 Å². The average molecular weight is 293 g/mol. The van der Waals surface area contributed by atoms with E-state index in [4.69, 9.17) is 0 Å². The van der Waals surface area contributed by atoms with Crippen LogP contribution < -0.4 is 0 Å². The van der Waals surface area contributed by atoms with E-state index < -0.39 is 0 Å². The highest BCUT2D eigenvalue weighted by molar-refractivity contribution is 7.59. The van der Waals surface area contributed by atoms with Crippen LogP contribution in [0.15, 0.2) is 30.3 Å². The highest BCUT2D eigenvalue weighted by Crippen LogP contribution is 2.19. The van der Waals surface area contributed by atoms with Gasteiger partial charge in [-0.3, -0.25) is 9.80 Å². The molecule has 2 fully saturated rings. The predicted molar refractivity (Wildman–Crippen MR) is 89.6 cm³/mol. The molecular weight excluding hydrogens is 266 g/mol. The Morgan fingerprint density at radius 2 is 1.70 bits per heavy atom. The number of piperazine rings is 1. The van der Waals surface area contributed by atoms with Crippen molar-refractivity contribution in [3.8, 4) is 0 Å². The topological polar surface area (TPSA) is 9.72 Å². The number of likely N-dealkylation sites (N-methyl/N-ethyl adjacent to an activating group) is 1. The minimum atomic E-state index is 0. The lowest BCUT2D eigenvalue weighted by atomic mass is 10.2. The van der Waals surface area contributed by atoms with E-state index in [2.05, 4.69) is 52.1 Å². The van der Waals surface area contributed by atoms with Crippen LogP contribution in [-0.4, -0.2) is 67.1 Å². The van der Waals surface area contributed by atoms with Gasteiger partial charge in [0.05, 0.1) is 0 Å². The largest absolute Gasteiger partial charge is 0.304 e. The summed E-state index contributed by atoms with van der Waals surface area (Å²) in [7, 11) is 2.23. The Morgan fingerprint density at radius 1 is 1.00 bits per heavy atom. The van der Waals surface area contributed by atoms with Gasteiger partial charge in [-0.25, -0.2) is 0 Å². The van der Waals surface area contributed by atoms with E-state index in [1.165, 1.54) is 51.3 Å². The van der Waals surface area contributed by atoms with Gasteiger partial charge in [0.25, 0.3) is 0 Å². The molecule has 0 aliphatic carbocycles. The van der Waals surface area contributed by atoms with Crippen molar-refractivity contribution in [2.24, 2.45) is 0 Å². The Morgan fingerprint density at radius 3 is 2.40 bits per heavy atom. The minimum absolute atomic E-state index is 0. The van der Waals surface area contributed by atoms with E-state index in [1.807, 2.05) is 0 Å². The molecule has 3 nitrogen and oxygen atoms in total. The second-order valence-electron chi connectivity index (χ2n) is 6.00. The van der Waals surface area contributed by atoms with Gasteiger partial charge in [0.1, 0.15) is 0 Å². The summed E-state index contributed by atoms with van der Waals surface area (Å²) in [6.45, 7) is 8.58. The molecule has 20 heavy (non-hydrogen) atoms. The van der Waals surface area contributed by atoms with Gasteiger partial charge in [0.2, 0.25) is 0 Å². The van der Waals surface area contributed by atoms with Gasteiger partial charge in [0, 0.05) is 51.9 Å². The molecule has 0 aromatic heterocycles. The van der Waals surface area contributed by atoms with Crippen molar-refractivity contribution in [1.82, 2.24) is 14.7 Å². The molecule has 0 N–H and O–H groups in total. The normalized spacial score (nSPS) is 25.6. The first kappa shape index (κ1) is 15.8. The molecule has 112 valence electrons. The first-order valence-corrected chi connectivity index (χ1v) is 7.50. The number of hydrogen-bond donors (Lipinski definition) is 0. The van der Waals surface area contributed by atoms with Crippen LogP contribution in [0.3, 0.4) is 0 Å². The Hall–Kier alpha value is -0.550. The lowest BCUT2D eigenvalue weighted by molar-refractivity contribution is 0.112. The van der Waals surface area contributed by atoms with E-state index in [0.717, 1.165) is 12.6 Å². The molecule has 0 bridgehead atoms. The molecule has 2 saturated heterocycles. The number of benzene rings is 1. The first-order valence-electron chi connectivity index (χ1n) is 7.50. The van der Waals surface area contributed by atoms with Gasteiger partial charge in [-0.05, 0) is 19.0 Å². The number of hydrogen-bond acceptors (Lipinski definition) is 3. The summed E-state index contributed by atoms with van der Waals surface area (Å²) in [6, 6.07) is 11.6. The molecule has 1 aromatic carbocycles. The lowest BCUT2D eigenvalue weighted by Crippen LogP contribution is -2.49. The molecule has 1 atom stereocenters. The van der Waals surface area contributed by atoms with Crippen molar-refractivity contribution < 1.29 is 0 Å². The van der Waals surface area contributed by atoms with Crippen LogP contribution in [0.2, 0.25) is 0 Å². The Balaban J connectivity index is 0.00000147. The number of likely N-dealkylation sites (tertiary alicyclic amines) is 1. The molecular formula is C16H27N3S. The minimum Gasteiger partial charge on any atom is -0.304 e. The standard InChI is InChI=1S/C16H25N3.H2S/c1-17-9-11-19(12-10-17)16-7-8-18(14-16)13-15-5-3-2-4-6-15;/h2-6,16H,7-14H2,1H3;1H2. The fraction of sp³-hybridized carbons (Fsp3) is 0.625. The molecule has 3 rings (SSSR count). The van der Waals surface area contributed by atoms with E-state index in [9.17, 15) is 0 Å². The first-order chi connectivity index (χ1) is 9.31. The summed E-state index contributed by atoms with van der Waals surface area (Å²) in [5.74, 6) is 0. The van der Waals surface area contributed by atoms with Gasteiger partial charge in [0.15, 0.2) is 0 Å². The van der Waals surface area contributed by atoms with Crippen molar-refractivity contribution >= 4 is 13.5 Å². The van der Waals surface area contributed by atoms with Crippen molar-refractivity contribution in [3.63, 3.8) is 0 Å². The molecule has 2 aliphatic heterocycles. The SMILES string of the molecule is CN1CCN(C2CCN(Cc3ccccc3)C2)CC1.S. The molecule has 0 radical (unpaired) electrons. The number of nitrogens with zero attached hydrogens (tertiary/aromatic N) is 3. The van der Waals surface area contributed by atoms with Crippen molar-refractivity contribution in [3.05, 3.63) is 35.9 Å². The Labute approximate surface area is 130 Å². The van der Waals surface area contributed by atoms with Crippen LogP contribution >= 0.6 is 13.5 Å². The zero-order valence-corrected chi connectivity index (χ0v) is 13.5. The Bertz CT molecular complexity index is 390. The third-order valence-electron chi connectivity index (χ3n) is 4.55. The maximum Gasteiger partial charge on any atom is 0.0236 e. The molecule has 4 heteroatoms. The second-order valence-corrected chi connectivity index (χ2v) is 6.00. The van der Waals surface area contributed by atoms with E-state index >= 15 is 0 Å². The van der Waals surface area contributed by atoms with E-state index in [0.29, 0.717) is 0 Å². The van der Waals surface area contributed by atoms with Crippen LogP contribution in [-0.2, 0) is 6.54 Å². The molecule has 1 aromatic rings. The van der Waals surface area contributed by atoms with Crippen LogP contribution in [0.1, 0.15) is 12.0 Å². The fourth-order valence-corrected chi connectivity index (χ4v) is 3.28. The summed E-state index contributed by atoms with van der Waals surface area (Å²) in [4.78, 5) is 7.75.